The molecule has 25 heavy (non-hydrogen) atoms. The van der Waals surface area contributed by atoms with Gasteiger partial charge in [-0.2, -0.15) is 8.78 Å². The molecular weight excluding hydrogens is 370 g/mol. The van der Waals surface area contributed by atoms with E-state index in [1.165, 1.54) is 12.3 Å². The molecule has 6 nitrogen and oxygen atoms in total. The quantitative estimate of drug-likeness (QED) is 0.675. The Morgan fingerprint density at radius 2 is 2.04 bits per heavy atom. The molecule has 0 fully saturated rings. The minimum absolute atomic E-state index is 0.231. The summed E-state index contributed by atoms with van der Waals surface area (Å²) in [5, 5.41) is -0.231. The van der Waals surface area contributed by atoms with Gasteiger partial charge in [-0.3, -0.25) is 9.19 Å². The molecule has 132 valence electrons. The molecule has 0 saturated heterocycles. The first-order valence-corrected chi connectivity index (χ1v) is 9.82. The highest BCUT2D eigenvalue weighted by Crippen LogP contribution is 2.27. The lowest BCUT2D eigenvalue weighted by Crippen LogP contribution is -2.04. The number of halogens is 2. The zero-order valence-electron chi connectivity index (χ0n) is 13.3. The number of nitrogens with zero attached hydrogens (tertiary/aromatic N) is 4. The molecule has 0 aliphatic heterocycles. The normalized spacial score (nSPS) is 14.1. The van der Waals surface area contributed by atoms with Gasteiger partial charge in [0.2, 0.25) is 0 Å². The van der Waals surface area contributed by atoms with Gasteiger partial charge in [0, 0.05) is 25.1 Å². The molecule has 0 radical (unpaired) electrons. The van der Waals surface area contributed by atoms with E-state index in [9.17, 15) is 17.2 Å². The summed E-state index contributed by atoms with van der Waals surface area (Å²) in [6.45, 7) is 1.80. The minimum atomic E-state index is -3.01. The van der Waals surface area contributed by atoms with Crippen LogP contribution in [0.15, 0.2) is 40.5 Å². The smallest absolute Gasteiger partial charge is 0.317 e. The van der Waals surface area contributed by atoms with Crippen LogP contribution >= 0.6 is 0 Å². The van der Waals surface area contributed by atoms with Gasteiger partial charge in [-0.05, 0) is 12.1 Å². The third-order valence-corrected chi connectivity index (χ3v) is 5.90. The van der Waals surface area contributed by atoms with Crippen LogP contribution in [0.1, 0.15) is 6.92 Å². The second-order valence-corrected chi connectivity index (χ2v) is 8.13. The van der Waals surface area contributed by atoms with Crippen molar-refractivity contribution in [2.24, 2.45) is 7.05 Å². The average Bonchev–Trinajstić information content (AvgIpc) is 2.96. The Balaban J connectivity index is 2.18. The monoisotopic (exact) mass is 384 g/mol. The molecule has 0 aliphatic rings. The van der Waals surface area contributed by atoms with Crippen LogP contribution in [-0.2, 0) is 28.6 Å². The first kappa shape index (κ1) is 17.7. The van der Waals surface area contributed by atoms with E-state index < -0.39 is 27.4 Å². The summed E-state index contributed by atoms with van der Waals surface area (Å²) in [4.78, 5) is 13.1. The number of aryl methyl sites for hydroxylation is 1. The van der Waals surface area contributed by atoms with Gasteiger partial charge in [-0.25, -0.2) is 14.2 Å². The molecule has 0 spiro atoms. The zero-order chi connectivity index (χ0) is 18.1. The molecule has 0 bridgehead atoms. The highest BCUT2D eigenvalue weighted by molar-refractivity contribution is 7.85. The van der Waals surface area contributed by atoms with Gasteiger partial charge in [-0.15, -0.1) is 0 Å². The number of rotatable bonds is 5. The van der Waals surface area contributed by atoms with Gasteiger partial charge in [0.25, 0.3) is 0 Å². The summed E-state index contributed by atoms with van der Waals surface area (Å²) in [5.74, 6) is -2.14. The number of pyridine rings is 2. The Hall–Kier alpha value is -2.07. The van der Waals surface area contributed by atoms with Crippen LogP contribution in [0.4, 0.5) is 8.78 Å². The molecule has 3 aromatic heterocycles. The van der Waals surface area contributed by atoms with Crippen molar-refractivity contribution in [3.8, 4) is 11.5 Å². The van der Waals surface area contributed by atoms with E-state index in [4.69, 9.17) is 0 Å². The lowest BCUT2D eigenvalue weighted by atomic mass is 10.3. The Morgan fingerprint density at radius 3 is 2.72 bits per heavy atom. The Bertz CT molecular complexity index is 991. The molecule has 3 aromatic rings. The van der Waals surface area contributed by atoms with Crippen LogP contribution < -0.4 is 0 Å². The molecule has 3 rings (SSSR count). The number of alkyl halides is 2. The molecule has 0 saturated carbocycles. The molecule has 2 atom stereocenters. The first-order chi connectivity index (χ1) is 11.9. The van der Waals surface area contributed by atoms with E-state index in [1.54, 1.807) is 36.9 Å². The van der Waals surface area contributed by atoms with Crippen molar-refractivity contribution in [1.82, 2.24) is 19.5 Å². The standard InChI is InChI=1S/C15H14F2N4O2S2/c1-3-24(22)11-5-4-6-18-13(11)14-20-9-7-12(25(23)15(16)17)19-8-10(9)21(14)2/h4-8,15H,3H2,1-2H3. The average molecular weight is 384 g/mol. The van der Waals surface area contributed by atoms with E-state index in [1.807, 2.05) is 0 Å². The fraction of sp³-hybridized carbons (Fsp3) is 0.267. The van der Waals surface area contributed by atoms with Gasteiger partial charge in [-0.1, -0.05) is 6.92 Å². The Labute approximate surface area is 147 Å². The van der Waals surface area contributed by atoms with Crippen molar-refractivity contribution in [3.63, 3.8) is 0 Å². The van der Waals surface area contributed by atoms with Crippen LogP contribution in [0, 0.1) is 0 Å². The highest BCUT2D eigenvalue weighted by Gasteiger charge is 2.21. The van der Waals surface area contributed by atoms with E-state index in [0.717, 1.165) is 0 Å². The molecule has 0 aromatic carbocycles. The maximum absolute atomic E-state index is 12.6. The topological polar surface area (TPSA) is 77.7 Å². The van der Waals surface area contributed by atoms with E-state index >= 15 is 0 Å². The summed E-state index contributed by atoms with van der Waals surface area (Å²) >= 11 is 0. The molecule has 3 heterocycles. The molecule has 0 aliphatic carbocycles. The third-order valence-electron chi connectivity index (χ3n) is 3.60. The molecule has 2 unspecified atom stereocenters. The summed E-state index contributed by atoms with van der Waals surface area (Å²) < 4.78 is 50.8. The van der Waals surface area contributed by atoms with E-state index in [-0.39, 0.29) is 5.03 Å². The maximum Gasteiger partial charge on any atom is 0.317 e. The van der Waals surface area contributed by atoms with Gasteiger partial charge in [0.05, 0.1) is 32.9 Å². The van der Waals surface area contributed by atoms with Crippen LogP contribution in [0.5, 0.6) is 0 Å². The van der Waals surface area contributed by atoms with Crippen molar-refractivity contribution < 1.29 is 17.2 Å². The van der Waals surface area contributed by atoms with Crippen molar-refractivity contribution >= 4 is 32.6 Å². The van der Waals surface area contributed by atoms with Crippen molar-refractivity contribution in [2.45, 2.75) is 22.6 Å². The second-order valence-electron chi connectivity index (χ2n) is 5.05. The highest BCUT2D eigenvalue weighted by atomic mass is 32.2. The van der Waals surface area contributed by atoms with Crippen molar-refractivity contribution in [3.05, 3.63) is 30.6 Å². The number of fused-ring (bicyclic) bond motifs is 1. The Kier molecular flexibility index (Phi) is 5.00. The summed E-state index contributed by atoms with van der Waals surface area (Å²) in [6.07, 6.45) is 2.92. The number of imidazole rings is 1. The van der Waals surface area contributed by atoms with Gasteiger partial charge in [0.15, 0.2) is 5.82 Å². The lowest BCUT2D eigenvalue weighted by Gasteiger charge is -2.07. The number of aromatic nitrogens is 4. The largest absolute Gasteiger partial charge is 0.324 e. The van der Waals surface area contributed by atoms with Gasteiger partial charge < -0.3 is 4.57 Å². The molecular formula is C15H14F2N4O2S2. The van der Waals surface area contributed by atoms with E-state index in [0.29, 0.717) is 33.2 Å². The second kappa shape index (κ2) is 7.04. The maximum atomic E-state index is 12.6. The van der Waals surface area contributed by atoms with E-state index in [2.05, 4.69) is 15.0 Å². The fourth-order valence-electron chi connectivity index (χ4n) is 2.38. The first-order valence-electron chi connectivity index (χ1n) is 7.29. The van der Waals surface area contributed by atoms with Crippen molar-refractivity contribution in [2.75, 3.05) is 5.75 Å². The van der Waals surface area contributed by atoms with Crippen LogP contribution in [0.3, 0.4) is 0 Å². The predicted octanol–water partition coefficient (Wildman–Crippen LogP) is 2.49. The summed E-state index contributed by atoms with van der Waals surface area (Å²) in [7, 11) is -2.01. The minimum Gasteiger partial charge on any atom is -0.324 e. The number of hydrogen-bond acceptors (Lipinski definition) is 5. The Morgan fingerprint density at radius 1 is 1.28 bits per heavy atom. The molecule has 10 heteroatoms. The van der Waals surface area contributed by atoms with Crippen LogP contribution in [0.2, 0.25) is 0 Å². The zero-order valence-corrected chi connectivity index (χ0v) is 15.0. The van der Waals surface area contributed by atoms with Crippen LogP contribution in [0.25, 0.3) is 22.6 Å². The fourth-order valence-corrected chi connectivity index (χ4v) is 3.85. The van der Waals surface area contributed by atoms with Gasteiger partial charge in [0.1, 0.15) is 21.5 Å². The summed E-state index contributed by atoms with van der Waals surface area (Å²) in [5.41, 5.74) is 1.40. The molecule has 0 amide bonds. The van der Waals surface area contributed by atoms with Crippen LogP contribution in [-0.4, -0.2) is 39.4 Å². The molecule has 0 N–H and O–H groups in total. The number of hydrogen-bond donors (Lipinski definition) is 0. The lowest BCUT2D eigenvalue weighted by molar-refractivity contribution is 0.243. The summed E-state index contributed by atoms with van der Waals surface area (Å²) in [6, 6.07) is 4.69. The SMILES string of the molecule is CCS(=O)c1cccnc1-c1nc2cc(S(=O)C(F)F)ncc2n1C. The predicted molar refractivity (Wildman–Crippen MR) is 91.1 cm³/mol. The van der Waals surface area contributed by atoms with Crippen molar-refractivity contribution in [1.29, 1.82) is 0 Å². The van der Waals surface area contributed by atoms with Gasteiger partial charge >= 0.3 is 5.76 Å². The third kappa shape index (κ3) is 3.23.